The highest BCUT2D eigenvalue weighted by Crippen LogP contribution is 2.29. The van der Waals surface area contributed by atoms with E-state index in [9.17, 15) is 13.6 Å². The van der Waals surface area contributed by atoms with Crippen molar-refractivity contribution in [3.05, 3.63) is 21.3 Å². The zero-order valence-electron chi connectivity index (χ0n) is 6.26. The van der Waals surface area contributed by atoms with Crippen molar-refractivity contribution >= 4 is 28.9 Å². The molecule has 0 radical (unpaired) electrons. The summed E-state index contributed by atoms with van der Waals surface area (Å²) in [5, 5.41) is 9.87. The van der Waals surface area contributed by atoms with Crippen LogP contribution in [0.5, 0.6) is 0 Å². The van der Waals surface area contributed by atoms with Crippen molar-refractivity contribution in [2.45, 2.75) is 12.3 Å². The lowest BCUT2D eigenvalue weighted by Gasteiger charge is -2.09. The number of aliphatic carboxylic acids is 1. The zero-order valence-corrected chi connectivity index (χ0v) is 7.83. The predicted molar refractivity (Wildman–Crippen MR) is 45.6 cm³/mol. The second kappa shape index (κ2) is 3.59. The smallest absolute Gasteiger partial charge is 0.374 e. The molecular weight excluding hydrogens is 222 g/mol. The third kappa shape index (κ3) is 2.38. The lowest BCUT2D eigenvalue weighted by atomic mass is 10.2. The molecule has 1 aromatic heterocycles. The van der Waals surface area contributed by atoms with Gasteiger partial charge in [0.05, 0.1) is 11.4 Å². The van der Waals surface area contributed by atoms with Gasteiger partial charge in [0.1, 0.15) is 0 Å². The van der Waals surface area contributed by atoms with Crippen LogP contribution in [0.4, 0.5) is 8.78 Å². The first-order valence-corrected chi connectivity index (χ1v) is 4.52. The van der Waals surface area contributed by atoms with Crippen LogP contribution in [-0.2, 0) is 11.2 Å². The van der Waals surface area contributed by atoms with Gasteiger partial charge in [0.2, 0.25) is 0 Å². The Balaban J connectivity index is 2.80. The number of carboxylic acid groups (broad SMARTS) is 1. The van der Waals surface area contributed by atoms with Gasteiger partial charge in [-0.15, -0.1) is 11.3 Å². The average Bonchev–Trinajstić information content (AvgIpc) is 2.35. The Morgan fingerprint density at radius 2 is 2.31 bits per heavy atom. The summed E-state index contributed by atoms with van der Waals surface area (Å²) in [6.45, 7) is 0. The third-order valence-corrected chi connectivity index (χ3v) is 2.77. The lowest BCUT2D eigenvalue weighted by molar-refractivity contribution is -0.164. The molecule has 0 fully saturated rings. The summed E-state index contributed by atoms with van der Waals surface area (Å²) in [6, 6.07) is 1.46. The second-order valence-corrected chi connectivity index (χ2v) is 3.79. The van der Waals surface area contributed by atoms with E-state index in [2.05, 4.69) is 0 Å². The molecule has 72 valence electrons. The Bertz CT molecular complexity index is 324. The highest BCUT2D eigenvalue weighted by molar-refractivity contribution is 7.10. The third-order valence-electron chi connectivity index (χ3n) is 1.39. The Kier molecular flexibility index (Phi) is 2.87. The molecule has 0 aliphatic heterocycles. The van der Waals surface area contributed by atoms with E-state index in [1.165, 1.54) is 11.4 Å². The highest BCUT2D eigenvalue weighted by atomic mass is 35.5. The number of thiophene rings is 1. The van der Waals surface area contributed by atoms with Crippen molar-refractivity contribution in [2.75, 3.05) is 0 Å². The van der Waals surface area contributed by atoms with Crippen LogP contribution < -0.4 is 0 Å². The fourth-order valence-corrected chi connectivity index (χ4v) is 1.88. The van der Waals surface area contributed by atoms with Gasteiger partial charge in [0.15, 0.2) is 0 Å². The van der Waals surface area contributed by atoms with Crippen LogP contribution >= 0.6 is 22.9 Å². The minimum Gasteiger partial charge on any atom is -0.477 e. The van der Waals surface area contributed by atoms with Gasteiger partial charge in [-0.25, -0.2) is 4.79 Å². The van der Waals surface area contributed by atoms with Crippen molar-refractivity contribution in [3.8, 4) is 0 Å². The first kappa shape index (κ1) is 10.4. The van der Waals surface area contributed by atoms with Crippen LogP contribution in [0.3, 0.4) is 0 Å². The van der Waals surface area contributed by atoms with Crippen molar-refractivity contribution in [3.63, 3.8) is 0 Å². The molecule has 1 heterocycles. The molecule has 0 amide bonds. The van der Waals surface area contributed by atoms with E-state index in [1.807, 2.05) is 0 Å². The van der Waals surface area contributed by atoms with E-state index in [0.717, 1.165) is 11.3 Å². The van der Waals surface area contributed by atoms with Gasteiger partial charge in [0.25, 0.3) is 0 Å². The van der Waals surface area contributed by atoms with Gasteiger partial charge in [-0.3, -0.25) is 0 Å². The van der Waals surface area contributed by atoms with Crippen molar-refractivity contribution in [1.82, 2.24) is 0 Å². The zero-order chi connectivity index (χ0) is 10.1. The summed E-state index contributed by atoms with van der Waals surface area (Å²) in [5.74, 6) is -5.87. The van der Waals surface area contributed by atoms with Gasteiger partial charge in [-0.05, 0) is 11.4 Å². The summed E-state index contributed by atoms with van der Waals surface area (Å²) in [7, 11) is 0. The van der Waals surface area contributed by atoms with Crippen LogP contribution in [0.15, 0.2) is 11.4 Å². The molecule has 0 atom stereocenters. The molecule has 0 unspecified atom stereocenters. The van der Waals surface area contributed by atoms with Gasteiger partial charge in [-0.2, -0.15) is 8.78 Å². The van der Waals surface area contributed by atoms with E-state index in [1.54, 1.807) is 0 Å². The summed E-state index contributed by atoms with van der Waals surface area (Å²) in [5.41, 5.74) is 0. The summed E-state index contributed by atoms with van der Waals surface area (Å²) in [4.78, 5) is 10.3. The molecule has 0 saturated carbocycles. The first-order chi connectivity index (χ1) is 5.93. The molecule has 1 N–H and O–H groups in total. The SMILES string of the molecule is O=C(O)C(F)(F)Cc1sccc1Cl. The molecule has 0 spiro atoms. The second-order valence-electron chi connectivity index (χ2n) is 2.38. The molecule has 0 aliphatic carbocycles. The summed E-state index contributed by atoms with van der Waals surface area (Å²) in [6.07, 6.45) is -0.848. The molecule has 13 heavy (non-hydrogen) atoms. The van der Waals surface area contributed by atoms with E-state index in [-0.39, 0.29) is 9.90 Å². The van der Waals surface area contributed by atoms with Crippen LogP contribution in [0.2, 0.25) is 5.02 Å². The minimum atomic E-state index is -3.74. The molecule has 0 saturated heterocycles. The summed E-state index contributed by atoms with van der Waals surface area (Å²) >= 11 is 6.55. The fraction of sp³-hybridized carbons (Fsp3) is 0.286. The number of alkyl halides is 2. The normalized spacial score (nSPS) is 11.6. The summed E-state index contributed by atoms with van der Waals surface area (Å²) < 4.78 is 25.3. The number of rotatable bonds is 3. The molecular formula is C7H5ClF2O2S. The number of hydrogen-bond donors (Lipinski definition) is 1. The molecule has 6 heteroatoms. The van der Waals surface area contributed by atoms with Gasteiger partial charge < -0.3 is 5.11 Å². The maximum atomic E-state index is 12.6. The molecule has 0 bridgehead atoms. The molecule has 0 aliphatic rings. The average molecular weight is 227 g/mol. The number of halogens is 3. The van der Waals surface area contributed by atoms with E-state index in [4.69, 9.17) is 16.7 Å². The Morgan fingerprint density at radius 1 is 1.69 bits per heavy atom. The first-order valence-electron chi connectivity index (χ1n) is 3.26. The quantitative estimate of drug-likeness (QED) is 0.860. The van der Waals surface area contributed by atoms with Crippen LogP contribution in [-0.4, -0.2) is 17.0 Å². The van der Waals surface area contributed by atoms with E-state index in [0.29, 0.717) is 0 Å². The molecule has 0 aromatic carbocycles. The van der Waals surface area contributed by atoms with Gasteiger partial charge in [0, 0.05) is 4.88 Å². The number of carbonyl (C=O) groups is 1. The molecule has 1 aromatic rings. The molecule has 1 rings (SSSR count). The lowest BCUT2D eigenvalue weighted by Crippen LogP contribution is -2.30. The molecule has 2 nitrogen and oxygen atoms in total. The minimum absolute atomic E-state index is 0.186. The van der Waals surface area contributed by atoms with Gasteiger partial charge >= 0.3 is 11.9 Å². The predicted octanol–water partition coefficient (Wildman–Crippen LogP) is 2.66. The van der Waals surface area contributed by atoms with Gasteiger partial charge in [-0.1, -0.05) is 11.6 Å². The Labute approximate surface area is 81.8 Å². The van der Waals surface area contributed by atoms with Crippen LogP contribution in [0, 0.1) is 0 Å². The van der Waals surface area contributed by atoms with Crippen molar-refractivity contribution in [1.29, 1.82) is 0 Å². The van der Waals surface area contributed by atoms with Crippen molar-refractivity contribution < 1.29 is 18.7 Å². The Morgan fingerprint density at radius 3 is 2.69 bits per heavy atom. The topological polar surface area (TPSA) is 37.3 Å². The maximum Gasteiger partial charge on any atom is 0.374 e. The Hall–Kier alpha value is -0.680. The van der Waals surface area contributed by atoms with E-state index >= 15 is 0 Å². The number of hydrogen-bond acceptors (Lipinski definition) is 2. The number of carboxylic acids is 1. The fourth-order valence-electron chi connectivity index (χ4n) is 0.728. The maximum absolute atomic E-state index is 12.6. The largest absolute Gasteiger partial charge is 0.477 e. The standard InChI is InChI=1S/C7H5ClF2O2S/c8-4-1-2-13-5(4)3-7(9,10)6(11)12/h1-2H,3H2,(H,11,12). The van der Waals surface area contributed by atoms with Crippen molar-refractivity contribution in [2.24, 2.45) is 0 Å². The van der Waals surface area contributed by atoms with E-state index < -0.39 is 18.3 Å². The highest BCUT2D eigenvalue weighted by Gasteiger charge is 2.39. The van der Waals surface area contributed by atoms with Crippen LogP contribution in [0.25, 0.3) is 0 Å². The van der Waals surface area contributed by atoms with Crippen LogP contribution in [0.1, 0.15) is 4.88 Å². The monoisotopic (exact) mass is 226 g/mol.